The number of aromatic nitrogens is 1. The Bertz CT molecular complexity index is 725. The molecule has 0 fully saturated rings. The quantitative estimate of drug-likeness (QED) is 0.758. The Kier molecular flexibility index (Phi) is 4.84. The highest BCUT2D eigenvalue weighted by Crippen LogP contribution is 2.28. The summed E-state index contributed by atoms with van der Waals surface area (Å²) in [5.74, 6) is 0.701. The molecule has 4 heteroatoms. The number of amides is 1. The molecular weight excluding hydrogens is 288 g/mol. The van der Waals surface area contributed by atoms with Crippen LogP contribution >= 0.6 is 0 Å². The average Bonchev–Trinajstić information content (AvgIpc) is 3.14. The van der Waals surface area contributed by atoms with E-state index in [0.29, 0.717) is 13.0 Å². The molecule has 2 aromatic heterocycles. The Morgan fingerprint density at radius 1 is 1.09 bits per heavy atom. The molecule has 0 saturated heterocycles. The predicted molar refractivity (Wildman–Crippen MR) is 87.7 cm³/mol. The molecule has 1 atom stereocenters. The van der Waals surface area contributed by atoms with Crippen molar-refractivity contribution < 1.29 is 9.21 Å². The molecular formula is C19H18N2O2. The van der Waals surface area contributed by atoms with E-state index < -0.39 is 0 Å². The predicted octanol–water partition coefficient (Wildman–Crippen LogP) is 3.51. The third kappa shape index (κ3) is 4.07. The Labute approximate surface area is 135 Å². The Hall–Kier alpha value is -2.88. The Morgan fingerprint density at radius 2 is 1.96 bits per heavy atom. The maximum Gasteiger partial charge on any atom is 0.221 e. The number of nitrogens with zero attached hydrogens (tertiary/aromatic N) is 1. The molecule has 0 aliphatic heterocycles. The molecule has 1 aromatic carbocycles. The molecule has 2 heterocycles. The number of nitrogens with one attached hydrogen (secondary N) is 1. The lowest BCUT2D eigenvalue weighted by Crippen LogP contribution is -2.24. The number of benzene rings is 1. The molecule has 116 valence electrons. The van der Waals surface area contributed by atoms with Gasteiger partial charge >= 0.3 is 0 Å². The maximum absolute atomic E-state index is 12.3. The molecule has 1 N–H and O–H groups in total. The monoisotopic (exact) mass is 306 g/mol. The van der Waals surface area contributed by atoms with Crippen LogP contribution in [0.2, 0.25) is 0 Å². The summed E-state index contributed by atoms with van der Waals surface area (Å²) >= 11 is 0. The molecule has 0 aliphatic carbocycles. The van der Waals surface area contributed by atoms with Gasteiger partial charge in [-0.25, -0.2) is 0 Å². The van der Waals surface area contributed by atoms with Crippen LogP contribution in [0.25, 0.3) is 0 Å². The first kappa shape index (κ1) is 15.0. The molecule has 0 aliphatic rings. The normalized spacial score (nSPS) is 11.8. The lowest BCUT2D eigenvalue weighted by atomic mass is 9.93. The van der Waals surface area contributed by atoms with Crippen molar-refractivity contribution in [2.45, 2.75) is 18.9 Å². The first-order chi connectivity index (χ1) is 11.3. The van der Waals surface area contributed by atoms with Crippen LogP contribution in [-0.2, 0) is 11.3 Å². The molecule has 1 amide bonds. The van der Waals surface area contributed by atoms with Crippen LogP contribution in [0.5, 0.6) is 0 Å². The number of hydrogen-bond donors (Lipinski definition) is 1. The average molecular weight is 306 g/mol. The molecule has 23 heavy (non-hydrogen) atoms. The third-order valence-electron chi connectivity index (χ3n) is 3.69. The second kappa shape index (κ2) is 7.40. The highest BCUT2D eigenvalue weighted by atomic mass is 16.3. The third-order valence-corrected chi connectivity index (χ3v) is 3.69. The molecule has 0 radical (unpaired) electrons. The van der Waals surface area contributed by atoms with E-state index in [1.165, 1.54) is 0 Å². The minimum atomic E-state index is -0.0832. The zero-order chi connectivity index (χ0) is 15.9. The molecule has 1 unspecified atom stereocenters. The topological polar surface area (TPSA) is 55.1 Å². The van der Waals surface area contributed by atoms with Gasteiger partial charge in [0.25, 0.3) is 0 Å². The van der Waals surface area contributed by atoms with E-state index in [2.05, 4.69) is 10.3 Å². The van der Waals surface area contributed by atoms with Crippen molar-refractivity contribution in [3.05, 3.63) is 90.1 Å². The fourth-order valence-corrected chi connectivity index (χ4v) is 2.52. The number of hydrogen-bond acceptors (Lipinski definition) is 3. The van der Waals surface area contributed by atoms with Crippen LogP contribution in [-0.4, -0.2) is 10.9 Å². The second-order valence-electron chi connectivity index (χ2n) is 5.32. The van der Waals surface area contributed by atoms with Crippen molar-refractivity contribution in [3.8, 4) is 0 Å². The summed E-state index contributed by atoms with van der Waals surface area (Å²) in [6.07, 6.45) is 5.45. The minimum Gasteiger partial charge on any atom is -0.469 e. The highest BCUT2D eigenvalue weighted by Gasteiger charge is 2.20. The standard InChI is InChI=1S/C19H18N2O2/c22-19(21-14-15-6-4-10-20-13-15)12-17(18-9-5-11-23-18)16-7-2-1-3-8-16/h1-11,13,17H,12,14H2,(H,21,22). The van der Waals surface area contributed by atoms with Gasteiger partial charge in [-0.3, -0.25) is 9.78 Å². The summed E-state index contributed by atoms with van der Waals surface area (Å²) in [6.45, 7) is 0.479. The van der Waals surface area contributed by atoms with Gasteiger partial charge in [-0.15, -0.1) is 0 Å². The van der Waals surface area contributed by atoms with E-state index in [9.17, 15) is 4.79 Å². The number of carbonyl (C=O) groups excluding carboxylic acids is 1. The van der Waals surface area contributed by atoms with Crippen LogP contribution in [0, 0.1) is 0 Å². The van der Waals surface area contributed by atoms with Crippen LogP contribution in [0.1, 0.15) is 29.2 Å². The summed E-state index contributed by atoms with van der Waals surface area (Å²) in [5.41, 5.74) is 2.05. The Morgan fingerprint density at radius 3 is 2.65 bits per heavy atom. The van der Waals surface area contributed by atoms with E-state index in [1.807, 2.05) is 54.6 Å². The summed E-state index contributed by atoms with van der Waals surface area (Å²) in [4.78, 5) is 16.4. The van der Waals surface area contributed by atoms with E-state index in [-0.39, 0.29) is 11.8 Å². The van der Waals surface area contributed by atoms with Crippen LogP contribution in [0.15, 0.2) is 77.7 Å². The van der Waals surface area contributed by atoms with Crippen molar-refractivity contribution in [1.82, 2.24) is 10.3 Å². The number of furan rings is 1. The van der Waals surface area contributed by atoms with Crippen molar-refractivity contribution in [2.24, 2.45) is 0 Å². The molecule has 3 rings (SSSR count). The maximum atomic E-state index is 12.3. The fraction of sp³-hybridized carbons (Fsp3) is 0.158. The lowest BCUT2D eigenvalue weighted by Gasteiger charge is -2.15. The van der Waals surface area contributed by atoms with Crippen LogP contribution in [0.3, 0.4) is 0 Å². The lowest BCUT2D eigenvalue weighted by molar-refractivity contribution is -0.121. The first-order valence-corrected chi connectivity index (χ1v) is 7.57. The van der Waals surface area contributed by atoms with Gasteiger partial charge in [0.05, 0.1) is 12.2 Å². The van der Waals surface area contributed by atoms with Crippen molar-refractivity contribution >= 4 is 5.91 Å². The van der Waals surface area contributed by atoms with Gasteiger partial charge in [0.1, 0.15) is 5.76 Å². The summed E-state index contributed by atoms with van der Waals surface area (Å²) < 4.78 is 5.52. The van der Waals surface area contributed by atoms with E-state index >= 15 is 0 Å². The molecule has 3 aromatic rings. The SMILES string of the molecule is O=C(CC(c1ccccc1)c1ccco1)NCc1cccnc1. The van der Waals surface area contributed by atoms with Gasteiger partial charge in [0.15, 0.2) is 0 Å². The Balaban J connectivity index is 1.68. The number of pyridine rings is 1. The molecule has 0 bridgehead atoms. The van der Waals surface area contributed by atoms with Gasteiger partial charge < -0.3 is 9.73 Å². The second-order valence-corrected chi connectivity index (χ2v) is 5.32. The van der Waals surface area contributed by atoms with E-state index in [1.54, 1.807) is 18.7 Å². The van der Waals surface area contributed by atoms with Crippen LogP contribution in [0.4, 0.5) is 0 Å². The minimum absolute atomic E-state index is 0.0147. The highest BCUT2D eigenvalue weighted by molar-refractivity contribution is 5.77. The van der Waals surface area contributed by atoms with Gasteiger partial charge in [0, 0.05) is 25.4 Å². The fourth-order valence-electron chi connectivity index (χ4n) is 2.52. The largest absolute Gasteiger partial charge is 0.469 e. The number of carbonyl (C=O) groups is 1. The van der Waals surface area contributed by atoms with Gasteiger partial charge in [0.2, 0.25) is 5.91 Å². The van der Waals surface area contributed by atoms with Crippen molar-refractivity contribution in [2.75, 3.05) is 0 Å². The van der Waals surface area contributed by atoms with E-state index in [4.69, 9.17) is 4.42 Å². The van der Waals surface area contributed by atoms with Gasteiger partial charge in [-0.1, -0.05) is 36.4 Å². The zero-order valence-corrected chi connectivity index (χ0v) is 12.7. The molecule has 4 nitrogen and oxygen atoms in total. The summed E-state index contributed by atoms with van der Waals surface area (Å²) in [5, 5.41) is 2.94. The van der Waals surface area contributed by atoms with Crippen molar-refractivity contribution in [1.29, 1.82) is 0 Å². The first-order valence-electron chi connectivity index (χ1n) is 7.57. The summed E-state index contributed by atoms with van der Waals surface area (Å²) in [7, 11) is 0. The summed E-state index contributed by atoms with van der Waals surface area (Å²) in [6, 6.07) is 17.5. The van der Waals surface area contributed by atoms with Crippen molar-refractivity contribution in [3.63, 3.8) is 0 Å². The number of rotatable bonds is 6. The van der Waals surface area contributed by atoms with Gasteiger partial charge in [-0.2, -0.15) is 0 Å². The van der Waals surface area contributed by atoms with Gasteiger partial charge in [-0.05, 0) is 29.3 Å². The zero-order valence-electron chi connectivity index (χ0n) is 12.7. The van der Waals surface area contributed by atoms with Crippen LogP contribution < -0.4 is 5.32 Å². The molecule has 0 spiro atoms. The molecule has 0 saturated carbocycles. The van der Waals surface area contributed by atoms with E-state index in [0.717, 1.165) is 16.9 Å². The smallest absolute Gasteiger partial charge is 0.221 e.